The first kappa shape index (κ1) is 25.3. The second kappa shape index (κ2) is 10.8. The minimum absolute atomic E-state index is 0.0791. The van der Waals surface area contributed by atoms with Crippen LogP contribution in [0.25, 0.3) is 6.08 Å². The lowest BCUT2D eigenvalue weighted by Crippen LogP contribution is -2.27. The van der Waals surface area contributed by atoms with Crippen LogP contribution in [0.3, 0.4) is 0 Å². The molecule has 0 N–H and O–H groups in total. The summed E-state index contributed by atoms with van der Waals surface area (Å²) in [6.07, 6.45) is 1.64. The van der Waals surface area contributed by atoms with Crippen LogP contribution in [0.15, 0.2) is 68.4 Å². The van der Waals surface area contributed by atoms with Crippen molar-refractivity contribution >= 4 is 84.0 Å². The van der Waals surface area contributed by atoms with Crippen molar-refractivity contribution in [2.75, 3.05) is 0 Å². The van der Waals surface area contributed by atoms with Gasteiger partial charge in [0.05, 0.1) is 20.4 Å². The van der Waals surface area contributed by atoms with Gasteiger partial charge in [0.25, 0.3) is 11.1 Å². The molecule has 2 amide bonds. The number of carbonyl (C=O) groups is 2. The van der Waals surface area contributed by atoms with Crippen molar-refractivity contribution in [3.63, 3.8) is 0 Å². The topological polar surface area (TPSA) is 46.6 Å². The van der Waals surface area contributed by atoms with E-state index in [1.165, 1.54) is 12.1 Å². The average molecular weight is 646 g/mol. The summed E-state index contributed by atoms with van der Waals surface area (Å²) in [5, 5.41) is 0.675. The van der Waals surface area contributed by atoms with E-state index in [2.05, 4.69) is 31.9 Å². The van der Waals surface area contributed by atoms with Crippen LogP contribution >= 0.6 is 66.8 Å². The molecule has 0 aliphatic carbocycles. The van der Waals surface area contributed by atoms with E-state index in [1.54, 1.807) is 48.5 Å². The number of thioether (sulfide) groups is 1. The van der Waals surface area contributed by atoms with Crippen LogP contribution in [0.4, 0.5) is 9.18 Å². The molecule has 3 aromatic carbocycles. The molecule has 10 heteroatoms. The molecule has 1 aliphatic rings. The van der Waals surface area contributed by atoms with E-state index in [-0.39, 0.29) is 24.2 Å². The van der Waals surface area contributed by atoms with Crippen molar-refractivity contribution in [3.05, 3.63) is 101 Å². The number of benzene rings is 3. The summed E-state index contributed by atoms with van der Waals surface area (Å²) in [7, 11) is 0. The van der Waals surface area contributed by atoms with Gasteiger partial charge in [0.2, 0.25) is 0 Å². The highest BCUT2D eigenvalue weighted by Gasteiger charge is 2.35. The summed E-state index contributed by atoms with van der Waals surface area (Å²) in [6.45, 7) is 0.310. The lowest BCUT2D eigenvalue weighted by Gasteiger charge is -2.13. The number of hydrogen-bond donors (Lipinski definition) is 0. The van der Waals surface area contributed by atoms with E-state index in [4.69, 9.17) is 27.9 Å². The minimum Gasteiger partial charge on any atom is -0.486 e. The van der Waals surface area contributed by atoms with Gasteiger partial charge in [-0.2, -0.15) is 0 Å². The average Bonchev–Trinajstić information content (AvgIpc) is 3.03. The minimum atomic E-state index is -0.399. The number of nitrogens with zero attached hydrogens (tertiary/aromatic N) is 1. The Hall–Kier alpha value is -1.84. The molecular weight excluding hydrogens is 632 g/mol. The Morgan fingerprint density at radius 3 is 2.32 bits per heavy atom. The summed E-state index contributed by atoms with van der Waals surface area (Å²) in [5.74, 6) is -0.213. The molecule has 0 unspecified atom stereocenters. The van der Waals surface area contributed by atoms with Crippen LogP contribution in [-0.4, -0.2) is 16.0 Å². The van der Waals surface area contributed by atoms with E-state index in [0.717, 1.165) is 22.2 Å². The molecule has 0 aromatic heterocycles. The van der Waals surface area contributed by atoms with E-state index in [0.29, 0.717) is 40.8 Å². The van der Waals surface area contributed by atoms with Crippen LogP contribution in [0.1, 0.15) is 16.7 Å². The van der Waals surface area contributed by atoms with Crippen molar-refractivity contribution in [3.8, 4) is 5.75 Å². The Labute approximate surface area is 226 Å². The zero-order chi connectivity index (χ0) is 24.4. The Kier molecular flexibility index (Phi) is 8.05. The summed E-state index contributed by atoms with van der Waals surface area (Å²) >= 11 is 20.0. The third-order valence-corrected chi connectivity index (χ3v) is 7.51. The molecule has 1 saturated heterocycles. The zero-order valence-electron chi connectivity index (χ0n) is 17.2. The van der Waals surface area contributed by atoms with Gasteiger partial charge in [-0.25, -0.2) is 4.39 Å². The number of hydrogen-bond acceptors (Lipinski definition) is 4. The molecule has 0 saturated carbocycles. The molecular formula is C24H14Br2Cl2FNO3S. The van der Waals surface area contributed by atoms with Crippen LogP contribution in [0.2, 0.25) is 10.0 Å². The number of amides is 2. The van der Waals surface area contributed by atoms with E-state index in [1.807, 2.05) is 0 Å². The molecule has 0 atom stereocenters. The maximum absolute atomic E-state index is 13.1. The number of rotatable bonds is 6. The van der Waals surface area contributed by atoms with Crippen molar-refractivity contribution < 1.29 is 18.7 Å². The number of imide groups is 1. The fraction of sp³-hybridized carbons (Fsp3) is 0.0833. The number of carbonyl (C=O) groups excluding carboxylic acids is 2. The Bertz CT molecular complexity index is 1300. The Morgan fingerprint density at radius 2 is 1.68 bits per heavy atom. The molecule has 34 heavy (non-hydrogen) atoms. The summed E-state index contributed by atoms with van der Waals surface area (Å²) in [5.41, 5.74) is 2.14. The maximum Gasteiger partial charge on any atom is 0.293 e. The normalized spacial score (nSPS) is 14.9. The van der Waals surface area contributed by atoms with Crippen LogP contribution in [-0.2, 0) is 17.9 Å². The van der Waals surface area contributed by atoms with E-state index >= 15 is 0 Å². The fourth-order valence-electron chi connectivity index (χ4n) is 3.15. The summed E-state index contributed by atoms with van der Waals surface area (Å²) in [6, 6.07) is 14.4. The molecule has 4 nitrogen and oxygen atoms in total. The monoisotopic (exact) mass is 643 g/mol. The van der Waals surface area contributed by atoms with E-state index < -0.39 is 5.91 Å². The summed E-state index contributed by atoms with van der Waals surface area (Å²) in [4.78, 5) is 26.7. The highest BCUT2D eigenvalue weighted by molar-refractivity contribution is 9.11. The molecule has 1 fully saturated rings. The van der Waals surface area contributed by atoms with Gasteiger partial charge in [-0.3, -0.25) is 14.5 Å². The predicted octanol–water partition coefficient (Wildman–Crippen LogP) is 8.47. The number of halogens is 5. The fourth-order valence-corrected chi connectivity index (χ4v) is 5.90. The third kappa shape index (κ3) is 5.86. The summed E-state index contributed by atoms with van der Waals surface area (Å²) < 4.78 is 20.4. The van der Waals surface area contributed by atoms with Gasteiger partial charge < -0.3 is 4.74 Å². The van der Waals surface area contributed by atoms with Gasteiger partial charge in [-0.15, -0.1) is 0 Å². The van der Waals surface area contributed by atoms with E-state index in [9.17, 15) is 14.0 Å². The van der Waals surface area contributed by atoms with Gasteiger partial charge >= 0.3 is 0 Å². The number of ether oxygens (including phenoxy) is 1. The Morgan fingerprint density at radius 1 is 1.00 bits per heavy atom. The van der Waals surface area contributed by atoms with Crippen molar-refractivity contribution in [1.29, 1.82) is 0 Å². The highest BCUT2D eigenvalue weighted by Crippen LogP contribution is 2.38. The lowest BCUT2D eigenvalue weighted by atomic mass is 10.2. The van der Waals surface area contributed by atoms with Gasteiger partial charge in [0, 0.05) is 15.6 Å². The van der Waals surface area contributed by atoms with Gasteiger partial charge in [0.1, 0.15) is 18.2 Å². The van der Waals surface area contributed by atoms with Crippen LogP contribution in [0.5, 0.6) is 5.75 Å². The highest BCUT2D eigenvalue weighted by atomic mass is 79.9. The zero-order valence-corrected chi connectivity index (χ0v) is 22.7. The van der Waals surface area contributed by atoms with Gasteiger partial charge in [0.15, 0.2) is 0 Å². The van der Waals surface area contributed by atoms with Crippen molar-refractivity contribution in [2.24, 2.45) is 0 Å². The third-order valence-electron chi connectivity index (χ3n) is 4.83. The molecule has 0 radical (unpaired) electrons. The largest absolute Gasteiger partial charge is 0.486 e. The van der Waals surface area contributed by atoms with Crippen molar-refractivity contribution in [2.45, 2.75) is 13.2 Å². The second-order valence-electron chi connectivity index (χ2n) is 7.23. The first-order valence-electron chi connectivity index (χ1n) is 9.77. The lowest BCUT2D eigenvalue weighted by molar-refractivity contribution is -0.123. The SMILES string of the molecule is O=C1SC(=Cc2cc(Br)c(OCc3ccc(Cl)cc3Cl)c(Br)c2)C(=O)N1Cc1ccc(F)cc1. The van der Waals surface area contributed by atoms with Gasteiger partial charge in [-0.05, 0) is 97.2 Å². The maximum atomic E-state index is 13.1. The van der Waals surface area contributed by atoms with Gasteiger partial charge in [-0.1, -0.05) is 41.4 Å². The first-order chi connectivity index (χ1) is 16.2. The molecule has 174 valence electrons. The standard InChI is InChI=1S/C24H14Br2Cl2FNO3S/c25-18-7-14(8-19(26)22(18)33-12-15-3-4-16(27)10-20(15)28)9-21-23(31)30(24(32)34-21)11-13-1-5-17(29)6-2-13/h1-10H,11-12H2. The molecule has 0 bridgehead atoms. The second-order valence-corrected chi connectivity index (χ2v) is 10.8. The smallest absolute Gasteiger partial charge is 0.293 e. The van der Waals surface area contributed by atoms with Crippen molar-refractivity contribution in [1.82, 2.24) is 4.90 Å². The molecule has 0 spiro atoms. The van der Waals surface area contributed by atoms with Crippen LogP contribution in [0, 0.1) is 5.82 Å². The molecule has 3 aromatic rings. The quantitative estimate of drug-likeness (QED) is 0.252. The molecule has 1 heterocycles. The first-order valence-corrected chi connectivity index (χ1v) is 12.9. The van der Waals surface area contributed by atoms with Crippen LogP contribution < -0.4 is 4.74 Å². The molecule has 4 rings (SSSR count). The Balaban J connectivity index is 1.50. The predicted molar refractivity (Wildman–Crippen MR) is 141 cm³/mol. The molecule has 1 aliphatic heterocycles.